The Labute approximate surface area is 107 Å². The fourth-order valence-corrected chi connectivity index (χ4v) is 2.65. The van der Waals surface area contributed by atoms with Crippen molar-refractivity contribution in [3.63, 3.8) is 0 Å². The summed E-state index contributed by atoms with van der Waals surface area (Å²) in [6.07, 6.45) is 1.80. The van der Waals surface area contributed by atoms with Crippen LogP contribution in [0.15, 0.2) is 34.9 Å². The molecule has 0 amide bonds. The number of likely N-dealkylation sites (N-methyl/N-ethyl adjacent to an activating group) is 1. The van der Waals surface area contributed by atoms with Crippen molar-refractivity contribution in [2.75, 3.05) is 26.7 Å². The van der Waals surface area contributed by atoms with Crippen molar-refractivity contribution in [2.24, 2.45) is 5.73 Å². The molecule has 4 heteroatoms. The van der Waals surface area contributed by atoms with Crippen LogP contribution in [0.1, 0.15) is 11.6 Å². The Hall–Kier alpha value is -1.36. The van der Waals surface area contributed by atoms with Crippen LogP contribution in [0.3, 0.4) is 0 Å². The number of fused-ring (bicyclic) bond motifs is 1. The van der Waals surface area contributed by atoms with E-state index in [9.17, 15) is 0 Å². The molecule has 1 aromatic heterocycles. The summed E-state index contributed by atoms with van der Waals surface area (Å²) in [5.41, 5.74) is 8.40. The monoisotopic (exact) mass is 245 g/mol. The van der Waals surface area contributed by atoms with Crippen molar-refractivity contribution < 1.29 is 4.42 Å². The fourth-order valence-electron chi connectivity index (χ4n) is 2.65. The average molecular weight is 245 g/mol. The molecule has 3 N–H and O–H groups in total. The normalized spacial score (nSPS) is 23.3. The minimum absolute atomic E-state index is 0.0311. The molecule has 1 aromatic carbocycles. The molecule has 3 rings (SSSR count). The van der Waals surface area contributed by atoms with Gasteiger partial charge in [-0.15, -0.1) is 0 Å². The van der Waals surface area contributed by atoms with E-state index in [0.29, 0.717) is 0 Å². The molecular weight excluding hydrogens is 226 g/mol. The number of para-hydroxylation sites is 1. The van der Waals surface area contributed by atoms with E-state index in [1.165, 1.54) is 0 Å². The van der Waals surface area contributed by atoms with Gasteiger partial charge in [0.2, 0.25) is 0 Å². The van der Waals surface area contributed by atoms with Gasteiger partial charge in [-0.25, -0.2) is 0 Å². The van der Waals surface area contributed by atoms with Crippen LogP contribution in [0.25, 0.3) is 11.0 Å². The number of piperazine rings is 1. The van der Waals surface area contributed by atoms with E-state index < -0.39 is 0 Å². The Morgan fingerprint density at radius 3 is 3.11 bits per heavy atom. The summed E-state index contributed by atoms with van der Waals surface area (Å²) in [6, 6.07) is 8.30. The second-order valence-electron chi connectivity index (χ2n) is 5.04. The van der Waals surface area contributed by atoms with E-state index in [2.05, 4.69) is 23.3 Å². The third-order valence-electron chi connectivity index (χ3n) is 3.71. The SMILES string of the molecule is CN1CCNC(C(N)c2coc3ccccc23)C1. The van der Waals surface area contributed by atoms with Crippen LogP contribution in [0.2, 0.25) is 0 Å². The molecule has 2 atom stereocenters. The Morgan fingerprint density at radius 1 is 1.44 bits per heavy atom. The van der Waals surface area contributed by atoms with E-state index in [1.54, 1.807) is 6.26 Å². The number of nitrogens with two attached hydrogens (primary N) is 1. The third-order valence-corrected chi connectivity index (χ3v) is 3.71. The first-order chi connectivity index (χ1) is 8.75. The maximum Gasteiger partial charge on any atom is 0.134 e. The minimum atomic E-state index is -0.0311. The van der Waals surface area contributed by atoms with Crippen LogP contribution < -0.4 is 11.1 Å². The molecule has 1 aliphatic heterocycles. The number of benzene rings is 1. The summed E-state index contributed by atoms with van der Waals surface area (Å²) >= 11 is 0. The van der Waals surface area contributed by atoms with Crippen molar-refractivity contribution in [1.29, 1.82) is 0 Å². The number of nitrogens with zero attached hydrogens (tertiary/aromatic N) is 1. The van der Waals surface area contributed by atoms with Gasteiger partial charge in [-0.1, -0.05) is 18.2 Å². The van der Waals surface area contributed by atoms with Gasteiger partial charge in [0, 0.05) is 36.6 Å². The molecule has 1 fully saturated rings. The van der Waals surface area contributed by atoms with Gasteiger partial charge in [-0.05, 0) is 13.1 Å². The van der Waals surface area contributed by atoms with Gasteiger partial charge in [0.25, 0.3) is 0 Å². The highest BCUT2D eigenvalue weighted by Crippen LogP contribution is 2.27. The number of hydrogen-bond donors (Lipinski definition) is 2. The molecule has 2 heterocycles. The van der Waals surface area contributed by atoms with E-state index in [0.717, 1.165) is 36.2 Å². The zero-order chi connectivity index (χ0) is 12.5. The van der Waals surface area contributed by atoms with Crippen LogP contribution in [-0.2, 0) is 0 Å². The van der Waals surface area contributed by atoms with E-state index in [4.69, 9.17) is 10.2 Å². The van der Waals surface area contributed by atoms with Crippen LogP contribution in [-0.4, -0.2) is 37.6 Å². The topological polar surface area (TPSA) is 54.4 Å². The quantitative estimate of drug-likeness (QED) is 0.838. The molecule has 0 aliphatic carbocycles. The number of hydrogen-bond acceptors (Lipinski definition) is 4. The third kappa shape index (κ3) is 2.03. The molecule has 18 heavy (non-hydrogen) atoms. The van der Waals surface area contributed by atoms with E-state index in [1.807, 2.05) is 18.2 Å². The number of nitrogens with one attached hydrogen (secondary N) is 1. The highest BCUT2D eigenvalue weighted by molar-refractivity contribution is 5.81. The molecule has 96 valence electrons. The summed E-state index contributed by atoms with van der Waals surface area (Å²) < 4.78 is 5.57. The lowest BCUT2D eigenvalue weighted by atomic mass is 9.98. The molecule has 4 nitrogen and oxygen atoms in total. The molecule has 0 saturated carbocycles. The predicted octanol–water partition coefficient (Wildman–Crippen LogP) is 1.34. The molecule has 1 aliphatic rings. The molecule has 0 radical (unpaired) electrons. The van der Waals surface area contributed by atoms with Crippen molar-refractivity contribution in [3.8, 4) is 0 Å². The largest absolute Gasteiger partial charge is 0.464 e. The Kier molecular flexibility index (Phi) is 3.07. The van der Waals surface area contributed by atoms with Gasteiger partial charge >= 0.3 is 0 Å². The number of rotatable bonds is 2. The van der Waals surface area contributed by atoms with Crippen molar-refractivity contribution in [1.82, 2.24) is 10.2 Å². The van der Waals surface area contributed by atoms with Gasteiger partial charge < -0.3 is 20.4 Å². The molecule has 0 bridgehead atoms. The van der Waals surface area contributed by atoms with Gasteiger partial charge in [0.05, 0.1) is 12.3 Å². The summed E-state index contributed by atoms with van der Waals surface area (Å²) in [4.78, 5) is 2.31. The minimum Gasteiger partial charge on any atom is -0.464 e. The smallest absolute Gasteiger partial charge is 0.134 e. The number of furan rings is 1. The van der Waals surface area contributed by atoms with Crippen LogP contribution >= 0.6 is 0 Å². The van der Waals surface area contributed by atoms with Crippen LogP contribution in [0, 0.1) is 0 Å². The summed E-state index contributed by atoms with van der Waals surface area (Å²) in [7, 11) is 2.13. The van der Waals surface area contributed by atoms with Crippen molar-refractivity contribution in [3.05, 3.63) is 36.1 Å². The summed E-state index contributed by atoms with van der Waals surface area (Å²) in [5.74, 6) is 0. The Morgan fingerprint density at radius 2 is 2.28 bits per heavy atom. The van der Waals surface area contributed by atoms with Gasteiger partial charge in [0.15, 0.2) is 0 Å². The average Bonchev–Trinajstić information content (AvgIpc) is 2.82. The van der Waals surface area contributed by atoms with Gasteiger partial charge in [0.1, 0.15) is 5.58 Å². The standard InChI is InChI=1S/C14H19N3O/c1-17-7-6-16-12(8-17)14(15)11-9-18-13-5-3-2-4-10(11)13/h2-5,9,12,14,16H,6-8,15H2,1H3. The lowest BCUT2D eigenvalue weighted by Gasteiger charge is -2.34. The molecule has 1 saturated heterocycles. The summed E-state index contributed by atoms with van der Waals surface area (Å²) in [6.45, 7) is 3.04. The first-order valence-electron chi connectivity index (χ1n) is 6.39. The molecule has 2 unspecified atom stereocenters. The lowest BCUT2D eigenvalue weighted by Crippen LogP contribution is -2.53. The highest BCUT2D eigenvalue weighted by atomic mass is 16.3. The first kappa shape index (κ1) is 11.7. The Balaban J connectivity index is 1.89. The van der Waals surface area contributed by atoms with Crippen molar-refractivity contribution >= 4 is 11.0 Å². The lowest BCUT2D eigenvalue weighted by molar-refractivity contribution is 0.220. The van der Waals surface area contributed by atoms with Crippen molar-refractivity contribution in [2.45, 2.75) is 12.1 Å². The highest BCUT2D eigenvalue weighted by Gasteiger charge is 2.26. The van der Waals surface area contributed by atoms with Crippen LogP contribution in [0.5, 0.6) is 0 Å². The summed E-state index contributed by atoms with van der Waals surface area (Å²) in [5, 5.41) is 4.62. The predicted molar refractivity (Wildman–Crippen MR) is 72.4 cm³/mol. The maximum atomic E-state index is 6.39. The van der Waals surface area contributed by atoms with Crippen LogP contribution in [0.4, 0.5) is 0 Å². The second-order valence-corrected chi connectivity index (χ2v) is 5.04. The Bertz CT molecular complexity index is 537. The van der Waals surface area contributed by atoms with Gasteiger partial charge in [-0.3, -0.25) is 0 Å². The van der Waals surface area contributed by atoms with Gasteiger partial charge in [-0.2, -0.15) is 0 Å². The molecule has 0 spiro atoms. The molecule has 2 aromatic rings. The maximum absolute atomic E-state index is 6.39. The zero-order valence-corrected chi connectivity index (χ0v) is 10.6. The first-order valence-corrected chi connectivity index (χ1v) is 6.39. The second kappa shape index (κ2) is 4.72. The molecular formula is C14H19N3O. The van der Waals surface area contributed by atoms with E-state index >= 15 is 0 Å². The fraction of sp³-hybridized carbons (Fsp3) is 0.429. The zero-order valence-electron chi connectivity index (χ0n) is 10.6. The van der Waals surface area contributed by atoms with E-state index in [-0.39, 0.29) is 12.1 Å².